The number of hydrogen-bond acceptors (Lipinski definition) is 5. The number of aromatic amines is 1. The zero-order chi connectivity index (χ0) is 12.4. The van der Waals surface area contributed by atoms with Crippen molar-refractivity contribution in [1.29, 1.82) is 0 Å². The summed E-state index contributed by atoms with van der Waals surface area (Å²) in [6, 6.07) is 2.17. The van der Waals surface area contributed by atoms with E-state index in [2.05, 4.69) is 25.2 Å². The molecule has 0 radical (unpaired) electrons. The summed E-state index contributed by atoms with van der Waals surface area (Å²) in [6.45, 7) is 3.12. The van der Waals surface area contributed by atoms with Crippen LogP contribution in [0.2, 0.25) is 0 Å². The van der Waals surface area contributed by atoms with E-state index in [0.29, 0.717) is 6.61 Å². The van der Waals surface area contributed by atoms with Crippen molar-refractivity contribution in [3.05, 3.63) is 30.1 Å². The molecular formula is C11H16N6O. The van der Waals surface area contributed by atoms with Gasteiger partial charge in [0.25, 0.3) is 0 Å². The zero-order valence-corrected chi connectivity index (χ0v) is 10.3. The molecule has 0 aliphatic carbocycles. The van der Waals surface area contributed by atoms with E-state index >= 15 is 0 Å². The van der Waals surface area contributed by atoms with Gasteiger partial charge in [0.05, 0.1) is 24.9 Å². The van der Waals surface area contributed by atoms with E-state index in [-0.39, 0.29) is 6.04 Å². The van der Waals surface area contributed by atoms with Gasteiger partial charge >= 0.3 is 0 Å². The van der Waals surface area contributed by atoms with Crippen molar-refractivity contribution < 1.29 is 4.74 Å². The van der Waals surface area contributed by atoms with Gasteiger partial charge in [-0.2, -0.15) is 10.2 Å². The van der Waals surface area contributed by atoms with E-state index < -0.39 is 0 Å². The van der Waals surface area contributed by atoms with Gasteiger partial charge in [0.1, 0.15) is 12.2 Å². The van der Waals surface area contributed by atoms with Gasteiger partial charge in [-0.15, -0.1) is 0 Å². The number of aromatic nitrogens is 5. The molecule has 1 atom stereocenters. The van der Waals surface area contributed by atoms with E-state index in [4.69, 9.17) is 4.74 Å². The van der Waals surface area contributed by atoms with Crippen molar-refractivity contribution in [2.24, 2.45) is 7.05 Å². The topological polar surface area (TPSA) is 71.9 Å². The Labute approximate surface area is 105 Å². The Hall–Kier alpha value is -1.73. The minimum Gasteiger partial charge on any atom is -0.378 e. The summed E-state index contributed by atoms with van der Waals surface area (Å²) in [6.07, 6.45) is 3.35. The lowest BCUT2D eigenvalue weighted by molar-refractivity contribution is -0.0168. The molecule has 2 aromatic heterocycles. The lowest BCUT2D eigenvalue weighted by atomic mass is 10.2. The number of aryl methyl sites for hydroxylation is 1. The van der Waals surface area contributed by atoms with Crippen LogP contribution in [0.5, 0.6) is 0 Å². The van der Waals surface area contributed by atoms with Gasteiger partial charge in [-0.05, 0) is 6.07 Å². The molecule has 1 unspecified atom stereocenters. The van der Waals surface area contributed by atoms with Crippen LogP contribution >= 0.6 is 0 Å². The molecule has 0 bridgehead atoms. The maximum Gasteiger partial charge on any atom is 0.143 e. The third-order valence-electron chi connectivity index (χ3n) is 3.28. The molecule has 2 aromatic rings. The Morgan fingerprint density at radius 1 is 1.56 bits per heavy atom. The molecule has 0 saturated carbocycles. The SMILES string of the molecule is Cn1nccc1CN1CCOCC1c1ncn[nH]1. The molecule has 1 aliphatic heterocycles. The van der Waals surface area contributed by atoms with Gasteiger partial charge in [-0.25, -0.2) is 4.98 Å². The highest BCUT2D eigenvalue weighted by Gasteiger charge is 2.27. The van der Waals surface area contributed by atoms with Crippen LogP contribution in [-0.2, 0) is 18.3 Å². The predicted octanol–water partition coefficient (Wildman–Crippen LogP) is 0.112. The first-order valence-corrected chi connectivity index (χ1v) is 5.98. The van der Waals surface area contributed by atoms with Gasteiger partial charge in [-0.3, -0.25) is 14.7 Å². The number of H-pyrrole nitrogens is 1. The molecule has 7 heteroatoms. The lowest BCUT2D eigenvalue weighted by Gasteiger charge is -2.33. The van der Waals surface area contributed by atoms with Crippen LogP contribution in [0, 0.1) is 0 Å². The second-order valence-electron chi connectivity index (χ2n) is 4.38. The largest absolute Gasteiger partial charge is 0.378 e. The zero-order valence-electron chi connectivity index (χ0n) is 10.3. The summed E-state index contributed by atoms with van der Waals surface area (Å²) in [5, 5.41) is 11.0. The fourth-order valence-corrected chi connectivity index (χ4v) is 2.22. The first-order chi connectivity index (χ1) is 8.84. The Morgan fingerprint density at radius 2 is 2.50 bits per heavy atom. The molecule has 96 valence electrons. The predicted molar refractivity (Wildman–Crippen MR) is 63.6 cm³/mol. The Balaban J connectivity index is 1.78. The number of hydrogen-bond donors (Lipinski definition) is 1. The molecule has 18 heavy (non-hydrogen) atoms. The van der Waals surface area contributed by atoms with Crippen molar-refractivity contribution in [1.82, 2.24) is 29.9 Å². The normalized spacial score (nSPS) is 21.3. The molecule has 3 heterocycles. The van der Waals surface area contributed by atoms with Crippen molar-refractivity contribution >= 4 is 0 Å². The highest BCUT2D eigenvalue weighted by atomic mass is 16.5. The lowest BCUT2D eigenvalue weighted by Crippen LogP contribution is -2.39. The van der Waals surface area contributed by atoms with Gasteiger partial charge in [0.15, 0.2) is 0 Å². The summed E-state index contributed by atoms with van der Waals surface area (Å²) in [5.41, 5.74) is 1.18. The monoisotopic (exact) mass is 248 g/mol. The van der Waals surface area contributed by atoms with Crippen LogP contribution in [0.4, 0.5) is 0 Å². The Bertz CT molecular complexity index is 493. The van der Waals surface area contributed by atoms with Crippen LogP contribution in [0.3, 0.4) is 0 Å². The minimum absolute atomic E-state index is 0.135. The van der Waals surface area contributed by atoms with Crippen LogP contribution in [0.25, 0.3) is 0 Å². The third kappa shape index (κ3) is 2.14. The summed E-state index contributed by atoms with van der Waals surface area (Å²) in [4.78, 5) is 6.57. The molecule has 1 fully saturated rings. The van der Waals surface area contributed by atoms with Crippen molar-refractivity contribution in [2.75, 3.05) is 19.8 Å². The van der Waals surface area contributed by atoms with E-state index in [9.17, 15) is 0 Å². The van der Waals surface area contributed by atoms with Gasteiger partial charge in [0, 0.05) is 26.3 Å². The maximum absolute atomic E-state index is 5.53. The highest BCUT2D eigenvalue weighted by molar-refractivity contribution is 5.02. The maximum atomic E-state index is 5.53. The van der Waals surface area contributed by atoms with Crippen LogP contribution in [-0.4, -0.2) is 49.6 Å². The first kappa shape index (κ1) is 11.4. The molecule has 0 amide bonds. The number of nitrogens with one attached hydrogen (secondary N) is 1. The van der Waals surface area contributed by atoms with Crippen LogP contribution in [0.15, 0.2) is 18.6 Å². The summed E-state index contributed by atoms with van der Waals surface area (Å²) >= 11 is 0. The summed E-state index contributed by atoms with van der Waals surface area (Å²) in [5.74, 6) is 0.858. The van der Waals surface area contributed by atoms with Gasteiger partial charge < -0.3 is 4.74 Å². The van der Waals surface area contributed by atoms with Crippen molar-refractivity contribution in [3.8, 4) is 0 Å². The molecule has 1 N–H and O–H groups in total. The number of morpholine rings is 1. The highest BCUT2D eigenvalue weighted by Crippen LogP contribution is 2.22. The van der Waals surface area contributed by atoms with E-state index in [0.717, 1.165) is 25.5 Å². The van der Waals surface area contributed by atoms with E-state index in [1.165, 1.54) is 12.0 Å². The molecule has 1 aliphatic rings. The second-order valence-corrected chi connectivity index (χ2v) is 4.38. The molecule has 3 rings (SSSR count). The number of rotatable bonds is 3. The minimum atomic E-state index is 0.135. The first-order valence-electron chi connectivity index (χ1n) is 5.98. The fourth-order valence-electron chi connectivity index (χ4n) is 2.22. The standard InChI is InChI=1S/C11H16N6O/c1-16-9(2-3-14-16)6-17-4-5-18-7-10(17)11-12-8-13-15-11/h2-3,8,10H,4-7H2,1H3,(H,12,13,15). The Morgan fingerprint density at radius 3 is 3.22 bits per heavy atom. The van der Waals surface area contributed by atoms with Crippen LogP contribution < -0.4 is 0 Å². The van der Waals surface area contributed by atoms with Crippen molar-refractivity contribution in [3.63, 3.8) is 0 Å². The van der Waals surface area contributed by atoms with Gasteiger partial charge in [-0.1, -0.05) is 0 Å². The average molecular weight is 248 g/mol. The van der Waals surface area contributed by atoms with E-state index in [1.807, 2.05) is 24.0 Å². The van der Waals surface area contributed by atoms with Gasteiger partial charge in [0.2, 0.25) is 0 Å². The average Bonchev–Trinajstić information content (AvgIpc) is 3.03. The molecule has 1 saturated heterocycles. The molecule has 0 aromatic carbocycles. The summed E-state index contributed by atoms with van der Waals surface area (Å²) in [7, 11) is 1.96. The second kappa shape index (κ2) is 4.87. The van der Waals surface area contributed by atoms with Crippen LogP contribution in [0.1, 0.15) is 17.6 Å². The Kier molecular flexibility index (Phi) is 3.07. The van der Waals surface area contributed by atoms with E-state index in [1.54, 1.807) is 0 Å². The fraction of sp³-hybridized carbons (Fsp3) is 0.545. The third-order valence-corrected chi connectivity index (χ3v) is 3.28. The number of nitrogens with zero attached hydrogens (tertiary/aromatic N) is 5. The quantitative estimate of drug-likeness (QED) is 0.834. The smallest absolute Gasteiger partial charge is 0.143 e. The molecular weight excluding hydrogens is 232 g/mol. The van der Waals surface area contributed by atoms with Crippen molar-refractivity contribution in [2.45, 2.75) is 12.6 Å². The molecule has 0 spiro atoms. The molecule has 7 nitrogen and oxygen atoms in total. The summed E-state index contributed by atoms with van der Waals surface area (Å²) < 4.78 is 7.43. The number of ether oxygens (including phenoxy) is 1.